The van der Waals surface area contributed by atoms with E-state index in [1.165, 1.54) is 0 Å². The molecule has 0 aliphatic carbocycles. The van der Waals surface area contributed by atoms with Crippen LogP contribution in [0.4, 0.5) is 0 Å². The Morgan fingerprint density at radius 1 is 1.35 bits per heavy atom. The van der Waals surface area contributed by atoms with Crippen LogP contribution in [-0.4, -0.2) is 58.3 Å². The summed E-state index contributed by atoms with van der Waals surface area (Å²) < 4.78 is 24.6. The molecule has 0 radical (unpaired) electrons. The van der Waals surface area contributed by atoms with Crippen LogP contribution in [-0.2, 0) is 21.2 Å². The zero-order chi connectivity index (χ0) is 18.9. The minimum absolute atomic E-state index is 0.0240. The summed E-state index contributed by atoms with van der Waals surface area (Å²) in [6, 6.07) is 6.47. The van der Waals surface area contributed by atoms with E-state index in [0.29, 0.717) is 23.9 Å². The molecule has 1 amide bonds. The Kier molecular flexibility index (Phi) is 5.08. The first kappa shape index (κ1) is 18.5. The second-order valence-electron chi connectivity index (χ2n) is 7.07. The standard InChI is InChI=1S/C17H22N4O4S/c1-12(2)9-20(13-7-8-26(24,25)11-13)16(22)10-21-17(23)14-5-3-4-6-15(14)18-19-21/h3-6,12-13H,7-11H2,1-2H3/t13-/m0/s1. The molecule has 2 heterocycles. The third kappa shape index (κ3) is 3.92. The van der Waals surface area contributed by atoms with E-state index in [1.807, 2.05) is 13.8 Å². The molecule has 1 aromatic heterocycles. The van der Waals surface area contributed by atoms with Crippen molar-refractivity contribution in [2.45, 2.75) is 32.9 Å². The van der Waals surface area contributed by atoms with E-state index in [2.05, 4.69) is 10.3 Å². The molecule has 3 rings (SSSR count). The molecule has 1 fully saturated rings. The number of hydrogen-bond donors (Lipinski definition) is 0. The molecule has 0 spiro atoms. The number of carbonyl (C=O) groups excluding carboxylic acids is 1. The molecule has 1 aromatic carbocycles. The summed E-state index contributed by atoms with van der Waals surface area (Å²) in [6.07, 6.45) is 0.430. The molecule has 1 saturated heterocycles. The van der Waals surface area contributed by atoms with Gasteiger partial charge in [-0.3, -0.25) is 9.59 Å². The van der Waals surface area contributed by atoms with Gasteiger partial charge < -0.3 is 4.90 Å². The van der Waals surface area contributed by atoms with Crippen LogP contribution < -0.4 is 5.56 Å². The largest absolute Gasteiger partial charge is 0.337 e. The highest BCUT2D eigenvalue weighted by Gasteiger charge is 2.35. The summed E-state index contributed by atoms with van der Waals surface area (Å²) in [5.41, 5.74) is 0.0922. The lowest BCUT2D eigenvalue weighted by Gasteiger charge is -2.30. The van der Waals surface area contributed by atoms with Crippen molar-refractivity contribution < 1.29 is 13.2 Å². The average molecular weight is 378 g/mol. The molecular weight excluding hydrogens is 356 g/mol. The van der Waals surface area contributed by atoms with Crippen molar-refractivity contribution in [3.63, 3.8) is 0 Å². The molecule has 1 aliphatic heterocycles. The number of fused-ring (bicyclic) bond motifs is 1. The summed E-state index contributed by atoms with van der Waals surface area (Å²) in [5.74, 6) is -0.0619. The van der Waals surface area contributed by atoms with Gasteiger partial charge in [0.1, 0.15) is 12.1 Å². The van der Waals surface area contributed by atoms with Crippen molar-refractivity contribution in [2.24, 2.45) is 5.92 Å². The topological polar surface area (TPSA) is 102 Å². The van der Waals surface area contributed by atoms with Gasteiger partial charge in [0.2, 0.25) is 5.91 Å². The van der Waals surface area contributed by atoms with Crippen LogP contribution in [0.15, 0.2) is 29.1 Å². The fourth-order valence-corrected chi connectivity index (χ4v) is 4.95. The molecule has 0 saturated carbocycles. The smallest absolute Gasteiger partial charge is 0.278 e. The third-order valence-corrected chi connectivity index (χ3v) is 6.20. The lowest BCUT2D eigenvalue weighted by atomic mass is 10.1. The number of sulfone groups is 1. The maximum atomic E-state index is 12.8. The van der Waals surface area contributed by atoms with Crippen LogP contribution >= 0.6 is 0 Å². The maximum absolute atomic E-state index is 12.8. The quantitative estimate of drug-likeness (QED) is 0.749. The summed E-state index contributed by atoms with van der Waals surface area (Å²) in [6.45, 7) is 4.12. The Morgan fingerprint density at radius 2 is 2.08 bits per heavy atom. The fraction of sp³-hybridized carbons (Fsp3) is 0.529. The normalized spacial score (nSPS) is 19.1. The van der Waals surface area contributed by atoms with E-state index < -0.39 is 9.84 Å². The highest BCUT2D eigenvalue weighted by molar-refractivity contribution is 7.91. The number of nitrogens with zero attached hydrogens (tertiary/aromatic N) is 4. The zero-order valence-corrected chi connectivity index (χ0v) is 15.6. The molecule has 0 N–H and O–H groups in total. The van der Waals surface area contributed by atoms with Crippen LogP contribution in [0.3, 0.4) is 0 Å². The van der Waals surface area contributed by atoms with Crippen molar-refractivity contribution in [2.75, 3.05) is 18.1 Å². The van der Waals surface area contributed by atoms with Gasteiger partial charge in [-0.2, -0.15) is 0 Å². The highest BCUT2D eigenvalue weighted by atomic mass is 32.2. The Morgan fingerprint density at radius 3 is 2.73 bits per heavy atom. The molecule has 1 atom stereocenters. The SMILES string of the molecule is CC(C)CN(C(=O)Cn1nnc2ccccc2c1=O)[C@H]1CCS(=O)(=O)C1. The second kappa shape index (κ2) is 7.14. The second-order valence-corrected chi connectivity index (χ2v) is 9.29. The molecule has 26 heavy (non-hydrogen) atoms. The molecular formula is C17H22N4O4S. The molecule has 8 nitrogen and oxygen atoms in total. The lowest BCUT2D eigenvalue weighted by Crippen LogP contribution is -2.46. The Bertz CT molecular complexity index is 984. The Balaban J connectivity index is 1.86. The zero-order valence-electron chi connectivity index (χ0n) is 14.8. The van der Waals surface area contributed by atoms with Gasteiger partial charge in [-0.1, -0.05) is 31.2 Å². The first-order valence-corrected chi connectivity index (χ1v) is 10.4. The first-order valence-electron chi connectivity index (χ1n) is 8.59. The average Bonchev–Trinajstić information content (AvgIpc) is 2.95. The predicted octanol–water partition coefficient (Wildman–Crippen LogP) is 0.463. The van der Waals surface area contributed by atoms with Crippen LogP contribution in [0.5, 0.6) is 0 Å². The van der Waals surface area contributed by atoms with Gasteiger partial charge in [0, 0.05) is 12.6 Å². The third-order valence-electron chi connectivity index (χ3n) is 4.45. The number of aromatic nitrogens is 3. The lowest BCUT2D eigenvalue weighted by molar-refractivity contribution is -0.134. The van der Waals surface area contributed by atoms with E-state index in [0.717, 1.165) is 4.68 Å². The number of benzene rings is 1. The van der Waals surface area contributed by atoms with Gasteiger partial charge in [-0.05, 0) is 24.5 Å². The molecule has 0 bridgehead atoms. The number of hydrogen-bond acceptors (Lipinski definition) is 6. The number of amides is 1. The van der Waals surface area contributed by atoms with Gasteiger partial charge in [-0.15, -0.1) is 5.10 Å². The summed E-state index contributed by atoms with van der Waals surface area (Å²) >= 11 is 0. The Labute approximate surface area is 151 Å². The predicted molar refractivity (Wildman–Crippen MR) is 97.4 cm³/mol. The molecule has 9 heteroatoms. The number of rotatable bonds is 5. The van der Waals surface area contributed by atoms with E-state index in [-0.39, 0.29) is 41.5 Å². The van der Waals surface area contributed by atoms with Crippen LogP contribution in [0.1, 0.15) is 20.3 Å². The minimum atomic E-state index is -3.11. The maximum Gasteiger partial charge on any atom is 0.278 e. The van der Waals surface area contributed by atoms with Crippen molar-refractivity contribution in [1.29, 1.82) is 0 Å². The van der Waals surface area contributed by atoms with Gasteiger partial charge in [0.15, 0.2) is 9.84 Å². The molecule has 2 aromatic rings. The van der Waals surface area contributed by atoms with Crippen LogP contribution in [0.2, 0.25) is 0 Å². The summed E-state index contributed by atoms with van der Waals surface area (Å²) in [7, 11) is -3.11. The van der Waals surface area contributed by atoms with Gasteiger partial charge >= 0.3 is 0 Å². The van der Waals surface area contributed by atoms with Crippen LogP contribution in [0.25, 0.3) is 10.9 Å². The molecule has 140 valence electrons. The van der Waals surface area contributed by atoms with E-state index in [4.69, 9.17) is 0 Å². The van der Waals surface area contributed by atoms with Gasteiger partial charge in [-0.25, -0.2) is 13.1 Å². The van der Waals surface area contributed by atoms with E-state index in [1.54, 1.807) is 29.2 Å². The van der Waals surface area contributed by atoms with Crippen molar-refractivity contribution in [1.82, 2.24) is 19.9 Å². The molecule has 1 aliphatic rings. The molecule has 0 unspecified atom stereocenters. The van der Waals surface area contributed by atoms with Crippen molar-refractivity contribution in [3.05, 3.63) is 34.6 Å². The highest BCUT2D eigenvalue weighted by Crippen LogP contribution is 2.19. The Hall–Kier alpha value is -2.29. The van der Waals surface area contributed by atoms with Gasteiger partial charge in [0.05, 0.1) is 16.9 Å². The van der Waals surface area contributed by atoms with E-state index >= 15 is 0 Å². The summed E-state index contributed by atoms with van der Waals surface area (Å²) in [4.78, 5) is 26.9. The van der Waals surface area contributed by atoms with Gasteiger partial charge in [0.25, 0.3) is 5.56 Å². The minimum Gasteiger partial charge on any atom is -0.337 e. The van der Waals surface area contributed by atoms with Crippen LogP contribution in [0, 0.1) is 5.92 Å². The summed E-state index contributed by atoms with van der Waals surface area (Å²) in [5, 5.41) is 8.23. The van der Waals surface area contributed by atoms with Crippen molar-refractivity contribution in [3.8, 4) is 0 Å². The van der Waals surface area contributed by atoms with E-state index in [9.17, 15) is 18.0 Å². The fourth-order valence-electron chi connectivity index (χ4n) is 3.21. The number of carbonyl (C=O) groups is 1. The monoisotopic (exact) mass is 378 g/mol. The van der Waals surface area contributed by atoms with Crippen molar-refractivity contribution >= 4 is 26.6 Å². The first-order chi connectivity index (χ1) is 12.3.